The largest absolute Gasteiger partial charge is 0.485 e. The third-order valence-corrected chi connectivity index (χ3v) is 5.38. The smallest absolute Gasteiger partial charge is 0.260 e. The van der Waals surface area contributed by atoms with Crippen LogP contribution in [0.25, 0.3) is 0 Å². The molecule has 0 amide bonds. The molecule has 0 saturated carbocycles. The highest BCUT2D eigenvalue weighted by atomic mass is 19.1. The van der Waals surface area contributed by atoms with Crippen molar-refractivity contribution in [2.24, 2.45) is 0 Å². The Hall–Kier alpha value is -2.93. The zero-order valence-corrected chi connectivity index (χ0v) is 15.1. The first-order chi connectivity index (χ1) is 13.7. The van der Waals surface area contributed by atoms with Crippen LogP contribution in [-0.2, 0) is 10.2 Å². The SMILES string of the molecule is Fc1ccc(C2(c3nnc([C@H]4COc5ccccc5O4)o3)CCOCC2)cc1. The number of halogens is 1. The quantitative estimate of drug-likeness (QED) is 0.686. The van der Waals surface area contributed by atoms with Crippen molar-refractivity contribution in [3.8, 4) is 11.5 Å². The molecule has 0 spiro atoms. The van der Waals surface area contributed by atoms with Crippen LogP contribution in [0.2, 0.25) is 0 Å². The van der Waals surface area contributed by atoms with Crippen molar-refractivity contribution in [1.29, 1.82) is 0 Å². The molecule has 28 heavy (non-hydrogen) atoms. The number of para-hydroxylation sites is 2. The summed E-state index contributed by atoms with van der Waals surface area (Å²) >= 11 is 0. The Kier molecular flexibility index (Phi) is 4.24. The van der Waals surface area contributed by atoms with E-state index in [1.54, 1.807) is 12.1 Å². The van der Waals surface area contributed by atoms with E-state index in [2.05, 4.69) is 10.2 Å². The summed E-state index contributed by atoms with van der Waals surface area (Å²) in [6.07, 6.45) is 0.900. The number of fused-ring (bicyclic) bond motifs is 1. The summed E-state index contributed by atoms with van der Waals surface area (Å²) in [5.74, 6) is 1.95. The van der Waals surface area contributed by atoms with Crippen molar-refractivity contribution >= 4 is 0 Å². The van der Waals surface area contributed by atoms with Crippen LogP contribution in [0.3, 0.4) is 0 Å². The van der Waals surface area contributed by atoms with E-state index in [9.17, 15) is 4.39 Å². The predicted octanol–water partition coefficient (Wildman–Crippen LogP) is 3.82. The maximum Gasteiger partial charge on any atom is 0.260 e. The summed E-state index contributed by atoms with van der Waals surface area (Å²) in [4.78, 5) is 0. The van der Waals surface area contributed by atoms with Gasteiger partial charge in [0.2, 0.25) is 12.0 Å². The summed E-state index contributed by atoms with van der Waals surface area (Å²) in [5, 5.41) is 8.58. The van der Waals surface area contributed by atoms with Crippen LogP contribution in [0.1, 0.15) is 36.3 Å². The van der Waals surface area contributed by atoms with E-state index in [1.165, 1.54) is 12.1 Å². The van der Waals surface area contributed by atoms with Gasteiger partial charge in [-0.2, -0.15) is 0 Å². The zero-order chi connectivity index (χ0) is 19.0. The van der Waals surface area contributed by atoms with Crippen LogP contribution in [0.5, 0.6) is 11.5 Å². The number of nitrogens with zero attached hydrogens (tertiary/aromatic N) is 2. The van der Waals surface area contributed by atoms with Gasteiger partial charge in [-0.05, 0) is 42.7 Å². The molecule has 1 aromatic heterocycles. The van der Waals surface area contributed by atoms with Gasteiger partial charge < -0.3 is 18.6 Å². The van der Waals surface area contributed by atoms with Crippen LogP contribution < -0.4 is 9.47 Å². The van der Waals surface area contributed by atoms with Gasteiger partial charge in [-0.15, -0.1) is 10.2 Å². The van der Waals surface area contributed by atoms with Crippen LogP contribution in [-0.4, -0.2) is 30.0 Å². The van der Waals surface area contributed by atoms with Gasteiger partial charge in [0.1, 0.15) is 12.4 Å². The Morgan fingerprint density at radius 1 is 0.929 bits per heavy atom. The van der Waals surface area contributed by atoms with Crippen molar-refractivity contribution < 1.29 is 23.0 Å². The highest BCUT2D eigenvalue weighted by Gasteiger charge is 2.42. The number of hydrogen-bond donors (Lipinski definition) is 0. The number of benzene rings is 2. The lowest BCUT2D eigenvalue weighted by Crippen LogP contribution is -2.35. The average molecular weight is 382 g/mol. The van der Waals surface area contributed by atoms with Gasteiger partial charge in [0.05, 0.1) is 5.41 Å². The Balaban J connectivity index is 1.47. The fraction of sp³-hybridized carbons (Fsp3) is 0.333. The second kappa shape index (κ2) is 6.91. The normalized spacial score (nSPS) is 20.7. The monoisotopic (exact) mass is 382 g/mol. The van der Waals surface area contributed by atoms with E-state index in [4.69, 9.17) is 18.6 Å². The minimum atomic E-state index is -0.495. The van der Waals surface area contributed by atoms with E-state index < -0.39 is 11.5 Å². The molecule has 0 radical (unpaired) electrons. The first-order valence-electron chi connectivity index (χ1n) is 9.31. The molecule has 0 bridgehead atoms. The highest BCUT2D eigenvalue weighted by Crippen LogP contribution is 2.42. The Morgan fingerprint density at radius 2 is 1.68 bits per heavy atom. The number of rotatable bonds is 3. The second-order valence-electron chi connectivity index (χ2n) is 7.01. The summed E-state index contributed by atoms with van der Waals surface area (Å²) < 4.78 is 36.8. The van der Waals surface area contributed by atoms with Gasteiger partial charge in [-0.25, -0.2) is 4.39 Å². The van der Waals surface area contributed by atoms with Crippen molar-refractivity contribution in [2.75, 3.05) is 19.8 Å². The second-order valence-corrected chi connectivity index (χ2v) is 7.01. The summed E-state index contributed by atoms with van der Waals surface area (Å²) in [7, 11) is 0. The third kappa shape index (κ3) is 2.92. The van der Waals surface area contributed by atoms with Gasteiger partial charge in [0, 0.05) is 13.2 Å². The third-order valence-electron chi connectivity index (χ3n) is 5.38. The molecule has 1 atom stereocenters. The molecule has 144 valence electrons. The van der Waals surface area contributed by atoms with Crippen molar-refractivity contribution in [3.05, 3.63) is 71.7 Å². The van der Waals surface area contributed by atoms with Crippen molar-refractivity contribution in [3.63, 3.8) is 0 Å². The molecule has 1 saturated heterocycles. The Bertz CT molecular complexity index is 967. The van der Waals surface area contributed by atoms with E-state index in [0.717, 1.165) is 5.56 Å². The molecule has 0 N–H and O–H groups in total. The first kappa shape index (κ1) is 17.2. The molecule has 2 aliphatic heterocycles. The van der Waals surface area contributed by atoms with E-state index in [1.807, 2.05) is 24.3 Å². The Morgan fingerprint density at radius 3 is 2.46 bits per heavy atom. The topological polar surface area (TPSA) is 66.6 Å². The van der Waals surface area contributed by atoms with Gasteiger partial charge in [-0.3, -0.25) is 0 Å². The molecule has 0 unspecified atom stereocenters. The minimum Gasteiger partial charge on any atom is -0.485 e. The summed E-state index contributed by atoms with van der Waals surface area (Å²) in [5.41, 5.74) is 0.448. The molecule has 3 heterocycles. The van der Waals surface area contributed by atoms with E-state index in [0.29, 0.717) is 55.9 Å². The van der Waals surface area contributed by atoms with E-state index >= 15 is 0 Å². The van der Waals surface area contributed by atoms with Gasteiger partial charge >= 0.3 is 0 Å². The molecule has 6 nitrogen and oxygen atoms in total. The molecule has 5 rings (SSSR count). The molecule has 2 aliphatic rings. The van der Waals surface area contributed by atoms with Crippen molar-refractivity contribution in [1.82, 2.24) is 10.2 Å². The molecule has 7 heteroatoms. The fourth-order valence-corrected chi connectivity index (χ4v) is 3.81. The van der Waals surface area contributed by atoms with Crippen molar-refractivity contribution in [2.45, 2.75) is 24.4 Å². The number of aromatic nitrogens is 2. The summed E-state index contributed by atoms with van der Waals surface area (Å²) in [6, 6.07) is 14.0. The van der Waals surface area contributed by atoms with Gasteiger partial charge in [-0.1, -0.05) is 24.3 Å². The van der Waals surface area contributed by atoms with Crippen LogP contribution >= 0.6 is 0 Å². The maximum absolute atomic E-state index is 13.4. The number of hydrogen-bond acceptors (Lipinski definition) is 6. The average Bonchev–Trinajstić information content (AvgIpc) is 3.25. The lowest BCUT2D eigenvalue weighted by atomic mass is 9.74. The maximum atomic E-state index is 13.4. The number of ether oxygens (including phenoxy) is 3. The van der Waals surface area contributed by atoms with E-state index in [-0.39, 0.29) is 5.82 Å². The summed E-state index contributed by atoms with van der Waals surface area (Å²) in [6.45, 7) is 1.45. The molecule has 3 aromatic rings. The standard InChI is InChI=1S/C21H19FN2O4/c22-15-7-5-14(6-8-15)21(9-11-25-12-10-21)20-24-23-19(28-20)18-13-26-16-3-1-2-4-17(16)27-18/h1-8,18H,9-13H2/t18-/m1/s1. The zero-order valence-electron chi connectivity index (χ0n) is 15.1. The highest BCUT2D eigenvalue weighted by molar-refractivity contribution is 5.41. The molecule has 0 aliphatic carbocycles. The van der Waals surface area contributed by atoms with Crippen LogP contribution in [0.15, 0.2) is 52.9 Å². The Labute approximate surface area is 161 Å². The van der Waals surface area contributed by atoms with Crippen LogP contribution in [0.4, 0.5) is 4.39 Å². The van der Waals surface area contributed by atoms with Crippen LogP contribution in [0, 0.1) is 5.82 Å². The van der Waals surface area contributed by atoms with Gasteiger partial charge in [0.15, 0.2) is 11.5 Å². The van der Waals surface area contributed by atoms with Gasteiger partial charge in [0.25, 0.3) is 5.89 Å². The molecular weight excluding hydrogens is 363 g/mol. The minimum absolute atomic E-state index is 0.274. The molecular formula is C21H19FN2O4. The molecule has 2 aromatic carbocycles. The predicted molar refractivity (Wildman–Crippen MR) is 96.8 cm³/mol. The first-order valence-corrected chi connectivity index (χ1v) is 9.31. The lowest BCUT2D eigenvalue weighted by Gasteiger charge is -2.34. The lowest BCUT2D eigenvalue weighted by molar-refractivity contribution is 0.0481. The molecule has 1 fully saturated rings. The fourth-order valence-electron chi connectivity index (χ4n) is 3.81.